The lowest BCUT2D eigenvalue weighted by Gasteiger charge is -2.37. The number of ether oxygens (including phenoxy) is 2. The minimum Gasteiger partial charge on any atom is -0.444 e. The normalized spacial score (nSPS) is 19.8. The van der Waals surface area contributed by atoms with E-state index in [-0.39, 0.29) is 35.1 Å². The molecule has 0 fully saturated rings. The quantitative estimate of drug-likeness (QED) is 0.656. The van der Waals surface area contributed by atoms with Gasteiger partial charge in [0.15, 0.2) is 5.78 Å². The van der Waals surface area contributed by atoms with E-state index in [4.69, 9.17) is 15.2 Å². The van der Waals surface area contributed by atoms with Crippen LogP contribution in [0.3, 0.4) is 0 Å². The van der Waals surface area contributed by atoms with E-state index in [2.05, 4.69) is 11.4 Å². The zero-order valence-corrected chi connectivity index (χ0v) is 19.1. The van der Waals surface area contributed by atoms with Crippen molar-refractivity contribution < 1.29 is 19.1 Å². The van der Waals surface area contributed by atoms with E-state index in [1.54, 1.807) is 7.11 Å². The molecular formula is C25H28N4O4. The predicted octanol–water partition coefficient (Wildman–Crippen LogP) is 2.85. The van der Waals surface area contributed by atoms with E-state index < -0.39 is 5.92 Å². The number of nitrogens with two attached hydrogens (primary N) is 1. The molecule has 0 radical (unpaired) electrons. The fraction of sp³-hybridized carbons (Fsp3) is 0.400. The molecule has 8 heteroatoms. The molecule has 1 aliphatic carbocycles. The van der Waals surface area contributed by atoms with Crippen LogP contribution in [0.1, 0.15) is 38.2 Å². The highest BCUT2D eigenvalue weighted by molar-refractivity contribution is 6.01. The Morgan fingerprint density at radius 2 is 2.12 bits per heavy atom. The van der Waals surface area contributed by atoms with Gasteiger partial charge in [-0.25, -0.2) is 0 Å². The minimum atomic E-state index is -0.634. The second-order valence-electron chi connectivity index (χ2n) is 9.27. The maximum atomic E-state index is 13.3. The Morgan fingerprint density at radius 3 is 2.85 bits per heavy atom. The Balaban J connectivity index is 1.82. The second-order valence-corrected chi connectivity index (χ2v) is 9.27. The maximum absolute atomic E-state index is 13.3. The molecule has 0 unspecified atom stereocenters. The summed E-state index contributed by atoms with van der Waals surface area (Å²) in [4.78, 5) is 25.8. The first-order valence-electron chi connectivity index (χ1n) is 10.9. The second kappa shape index (κ2) is 8.75. The summed E-state index contributed by atoms with van der Waals surface area (Å²) in [7, 11) is 1.58. The van der Waals surface area contributed by atoms with E-state index in [1.165, 1.54) is 0 Å². The number of ketones is 1. The van der Waals surface area contributed by atoms with Crippen molar-refractivity contribution >= 4 is 22.6 Å². The topological polar surface area (TPSA) is 119 Å². The molecule has 1 amide bonds. The average molecular weight is 449 g/mol. The van der Waals surface area contributed by atoms with Crippen molar-refractivity contribution in [3.8, 4) is 6.07 Å². The summed E-state index contributed by atoms with van der Waals surface area (Å²) in [6.45, 7) is 4.97. The zero-order chi connectivity index (χ0) is 23.8. The highest BCUT2D eigenvalue weighted by Gasteiger charge is 2.43. The Labute approximate surface area is 192 Å². The Hall–Kier alpha value is -3.57. The molecule has 33 heavy (non-hydrogen) atoms. The van der Waals surface area contributed by atoms with Gasteiger partial charge in [-0.1, -0.05) is 32.0 Å². The smallest absolute Gasteiger partial charge is 0.240 e. The molecule has 172 valence electrons. The summed E-state index contributed by atoms with van der Waals surface area (Å²) in [5.74, 6) is -0.268. The van der Waals surface area contributed by atoms with Crippen LogP contribution in [-0.2, 0) is 25.6 Å². The highest BCUT2D eigenvalue weighted by Crippen LogP contribution is 2.49. The van der Waals surface area contributed by atoms with Gasteiger partial charge in [-0.3, -0.25) is 9.59 Å². The molecule has 2 aliphatic rings. The molecule has 1 atom stereocenters. The van der Waals surface area contributed by atoms with E-state index >= 15 is 0 Å². The number of hydrogen-bond donors (Lipinski definition) is 2. The maximum Gasteiger partial charge on any atom is 0.240 e. The predicted molar refractivity (Wildman–Crippen MR) is 123 cm³/mol. The number of nitriles is 1. The number of para-hydroxylation sites is 1. The van der Waals surface area contributed by atoms with Gasteiger partial charge in [0.2, 0.25) is 11.8 Å². The van der Waals surface area contributed by atoms with Gasteiger partial charge in [0.25, 0.3) is 0 Å². The van der Waals surface area contributed by atoms with Crippen LogP contribution in [0.25, 0.3) is 10.9 Å². The number of methoxy groups -OCH3 is 1. The Kier molecular flexibility index (Phi) is 6.00. The number of rotatable bonds is 6. The van der Waals surface area contributed by atoms with Gasteiger partial charge in [-0.15, -0.1) is 0 Å². The summed E-state index contributed by atoms with van der Waals surface area (Å²) < 4.78 is 12.6. The number of aromatic nitrogens is 1. The van der Waals surface area contributed by atoms with Crippen LogP contribution in [0, 0.1) is 16.7 Å². The first kappa shape index (κ1) is 22.6. The van der Waals surface area contributed by atoms with Gasteiger partial charge in [-0.2, -0.15) is 5.26 Å². The number of carbonyl (C=O) groups is 2. The monoisotopic (exact) mass is 448 g/mol. The van der Waals surface area contributed by atoms with Gasteiger partial charge in [-0.05, 0) is 17.0 Å². The number of allylic oxidation sites excluding steroid dienone is 3. The van der Waals surface area contributed by atoms with Crippen molar-refractivity contribution in [2.75, 3.05) is 20.3 Å². The van der Waals surface area contributed by atoms with Crippen LogP contribution in [0.5, 0.6) is 0 Å². The SMILES string of the molecule is COCCNC(=O)Cn1cc([C@@H]2C(C#N)=C(N)OC3=C2C(=O)CC(C)(C)C3)c2ccccc21. The van der Waals surface area contributed by atoms with Crippen molar-refractivity contribution in [1.29, 1.82) is 5.26 Å². The lowest BCUT2D eigenvalue weighted by molar-refractivity contribution is -0.122. The molecule has 0 saturated carbocycles. The fourth-order valence-electron chi connectivity index (χ4n) is 4.73. The number of carbonyl (C=O) groups excluding carboxylic acids is 2. The summed E-state index contributed by atoms with van der Waals surface area (Å²) in [5, 5.41) is 13.6. The molecule has 1 aliphatic heterocycles. The molecule has 3 N–H and O–H groups in total. The van der Waals surface area contributed by atoms with Crippen molar-refractivity contribution in [2.45, 2.75) is 39.2 Å². The van der Waals surface area contributed by atoms with Crippen LogP contribution in [0.2, 0.25) is 0 Å². The Bertz CT molecular complexity index is 1230. The van der Waals surface area contributed by atoms with Crippen molar-refractivity contribution in [1.82, 2.24) is 9.88 Å². The Morgan fingerprint density at radius 1 is 1.36 bits per heavy atom. The number of hydrogen-bond acceptors (Lipinski definition) is 6. The minimum absolute atomic E-state index is 0.0286. The van der Waals surface area contributed by atoms with Crippen molar-refractivity contribution in [3.63, 3.8) is 0 Å². The van der Waals surface area contributed by atoms with E-state index in [9.17, 15) is 14.9 Å². The van der Waals surface area contributed by atoms with Crippen LogP contribution in [0.15, 0.2) is 53.3 Å². The van der Waals surface area contributed by atoms with E-state index in [0.717, 1.165) is 16.5 Å². The number of benzene rings is 1. The molecule has 4 rings (SSSR count). The average Bonchev–Trinajstić information content (AvgIpc) is 3.10. The molecule has 2 heterocycles. The number of fused-ring (bicyclic) bond motifs is 1. The summed E-state index contributed by atoms with van der Waals surface area (Å²) in [6.07, 6.45) is 2.77. The van der Waals surface area contributed by atoms with Crippen LogP contribution in [0.4, 0.5) is 0 Å². The summed E-state index contributed by atoms with van der Waals surface area (Å²) in [6, 6.07) is 9.81. The van der Waals surface area contributed by atoms with Crippen LogP contribution in [-0.4, -0.2) is 36.5 Å². The summed E-state index contributed by atoms with van der Waals surface area (Å²) >= 11 is 0. The molecule has 1 aromatic heterocycles. The third-order valence-corrected chi connectivity index (χ3v) is 6.15. The highest BCUT2D eigenvalue weighted by atomic mass is 16.5. The molecule has 0 spiro atoms. The van der Waals surface area contributed by atoms with E-state index in [0.29, 0.717) is 37.3 Å². The van der Waals surface area contributed by atoms with Crippen molar-refractivity contribution in [3.05, 3.63) is 58.8 Å². The largest absolute Gasteiger partial charge is 0.444 e. The zero-order valence-electron chi connectivity index (χ0n) is 19.1. The molecule has 0 bridgehead atoms. The van der Waals surface area contributed by atoms with Crippen LogP contribution >= 0.6 is 0 Å². The third-order valence-electron chi connectivity index (χ3n) is 6.15. The number of nitrogens with one attached hydrogen (secondary N) is 1. The number of nitrogens with zero attached hydrogens (tertiary/aromatic N) is 2. The first-order valence-corrected chi connectivity index (χ1v) is 10.9. The molecule has 0 saturated heterocycles. The standard InChI is InChI=1S/C25H28N4O4/c1-25(2)10-19(30)23-20(11-25)33-24(27)16(12-26)22(23)17-13-29(14-21(31)28-8-9-32-3)18-7-5-4-6-15(17)18/h4-7,13,22H,8-11,14,27H2,1-3H3,(H,28,31)/t22-/m0/s1. The van der Waals surface area contributed by atoms with Gasteiger partial charge < -0.3 is 25.1 Å². The number of amides is 1. The molecule has 2 aromatic rings. The van der Waals surface area contributed by atoms with E-state index in [1.807, 2.05) is 48.9 Å². The number of Topliss-reactive ketones (excluding diaryl/α,β-unsaturated/α-hetero) is 1. The van der Waals surface area contributed by atoms with Gasteiger partial charge in [0.05, 0.1) is 12.5 Å². The summed E-state index contributed by atoms with van der Waals surface area (Å²) in [5.41, 5.74) is 8.22. The van der Waals surface area contributed by atoms with Crippen molar-refractivity contribution in [2.24, 2.45) is 11.1 Å². The van der Waals surface area contributed by atoms with Crippen LogP contribution < -0.4 is 11.1 Å². The molecular weight excluding hydrogens is 420 g/mol. The van der Waals surface area contributed by atoms with Gasteiger partial charge in [0.1, 0.15) is 23.9 Å². The van der Waals surface area contributed by atoms with Gasteiger partial charge in [0, 0.05) is 49.2 Å². The lowest BCUT2D eigenvalue weighted by atomic mass is 9.70. The third kappa shape index (κ3) is 4.24. The lowest BCUT2D eigenvalue weighted by Crippen LogP contribution is -2.33. The fourth-order valence-corrected chi connectivity index (χ4v) is 4.73. The molecule has 1 aromatic carbocycles. The molecule has 8 nitrogen and oxygen atoms in total. The van der Waals surface area contributed by atoms with Gasteiger partial charge >= 0.3 is 0 Å². The first-order chi connectivity index (χ1) is 15.8.